The summed E-state index contributed by atoms with van der Waals surface area (Å²) >= 11 is 0. The maximum atomic E-state index is 9.43. The molecule has 0 bridgehead atoms. The van der Waals surface area contributed by atoms with Crippen molar-refractivity contribution in [2.45, 2.75) is 0 Å². The first-order chi connectivity index (χ1) is 2.77. The van der Waals surface area contributed by atoms with Gasteiger partial charge in [-0.2, -0.15) is 0 Å². The van der Waals surface area contributed by atoms with Crippen molar-refractivity contribution in [3.63, 3.8) is 0 Å². The molecule has 0 heterocycles. The van der Waals surface area contributed by atoms with Crippen LogP contribution in [0, 0.1) is 0 Å². The molecule has 2 nitrogen and oxygen atoms in total. The van der Waals surface area contributed by atoms with E-state index in [1.54, 1.807) is 0 Å². The fraction of sp³-hybridized carbons (Fsp3) is 0. The van der Waals surface area contributed by atoms with Gasteiger partial charge in [0.05, 0.1) is 0 Å². The monoisotopic (exact) mass is 82.0 g/mol. The normalized spacial score (nSPS) is 9.33. The van der Waals surface area contributed by atoms with E-state index >= 15 is 0 Å². The van der Waals surface area contributed by atoms with Gasteiger partial charge in [0, 0.05) is 6.08 Å². The Labute approximate surface area is 36.9 Å². The molecule has 0 aliphatic rings. The van der Waals surface area contributed by atoms with Crippen molar-refractivity contribution in [3.8, 4) is 0 Å². The number of carboxylic acids is 1. The van der Waals surface area contributed by atoms with Crippen molar-refractivity contribution in [2.75, 3.05) is 0 Å². The summed E-state index contributed by atoms with van der Waals surface area (Å²) in [5, 5.41) is 7.75. The number of rotatable bonds is 1. The smallest absolute Gasteiger partial charge is 0.327 e. The summed E-state index contributed by atoms with van der Waals surface area (Å²) in [4.78, 5) is 9.43. The number of carbonyl (C=O) groups is 1. The van der Waals surface area contributed by atoms with E-state index in [0.717, 1.165) is 12.1 Å². The third-order valence-electron chi connectivity index (χ3n) is 0.239. The standard InChI is InChI=1S/C3H3BO2/c4-2-1-3(5)6/h1-2H,(H,5,6). The maximum Gasteiger partial charge on any atom is 0.327 e. The minimum absolute atomic E-state index is 0.861. The van der Waals surface area contributed by atoms with Gasteiger partial charge >= 0.3 is 5.97 Å². The third-order valence-corrected chi connectivity index (χ3v) is 0.239. The fourth-order valence-electron chi connectivity index (χ4n) is 0.0823. The predicted molar refractivity (Wildman–Crippen MR) is 22.5 cm³/mol. The Bertz CT molecular complexity index is 76.9. The molecular formula is C3H3BO2. The number of carboxylic acid groups (broad SMARTS) is 1. The van der Waals surface area contributed by atoms with Crippen LogP contribution in [0.25, 0.3) is 0 Å². The van der Waals surface area contributed by atoms with Crippen molar-refractivity contribution in [1.82, 2.24) is 0 Å². The zero-order chi connectivity index (χ0) is 4.99. The lowest BCUT2D eigenvalue weighted by atomic mass is 10.1. The molecule has 2 radical (unpaired) electrons. The largest absolute Gasteiger partial charge is 0.478 e. The zero-order valence-corrected chi connectivity index (χ0v) is 3.09. The molecule has 1 N–H and O–H groups in total. The number of hydrogen-bond donors (Lipinski definition) is 1. The van der Waals surface area contributed by atoms with Gasteiger partial charge < -0.3 is 5.11 Å². The molecule has 0 amide bonds. The Hall–Kier alpha value is -0.725. The van der Waals surface area contributed by atoms with Gasteiger partial charge in [-0.1, -0.05) is 0 Å². The highest BCUT2D eigenvalue weighted by Gasteiger charge is 1.76. The van der Waals surface area contributed by atoms with Crippen LogP contribution in [0.15, 0.2) is 12.1 Å². The quantitative estimate of drug-likeness (QED) is 0.350. The van der Waals surface area contributed by atoms with E-state index in [1.165, 1.54) is 0 Å². The Balaban J connectivity index is 3.30. The second kappa shape index (κ2) is 2.51. The van der Waals surface area contributed by atoms with Crippen LogP contribution < -0.4 is 0 Å². The van der Waals surface area contributed by atoms with Crippen LogP contribution in [0.1, 0.15) is 0 Å². The summed E-state index contributed by atoms with van der Waals surface area (Å²) in [5.74, 6) is -0.0417. The third kappa shape index (κ3) is 3.27. The maximum absolute atomic E-state index is 9.43. The first-order valence-electron chi connectivity index (χ1n) is 1.38. The van der Waals surface area contributed by atoms with Gasteiger partial charge in [0.2, 0.25) is 0 Å². The van der Waals surface area contributed by atoms with Gasteiger partial charge in [0.1, 0.15) is 7.85 Å². The van der Waals surface area contributed by atoms with Gasteiger partial charge in [-0.25, -0.2) is 4.79 Å². The molecule has 0 aromatic heterocycles. The Kier molecular flexibility index (Phi) is 2.21. The highest BCUT2D eigenvalue weighted by molar-refractivity contribution is 6.18. The lowest BCUT2D eigenvalue weighted by Gasteiger charge is -1.68. The van der Waals surface area contributed by atoms with Crippen LogP contribution in [0.5, 0.6) is 0 Å². The molecule has 0 aliphatic carbocycles. The second-order valence-corrected chi connectivity index (χ2v) is 0.697. The summed E-state index contributed by atoms with van der Waals surface area (Å²) in [6.45, 7) is 0. The lowest BCUT2D eigenvalue weighted by Crippen LogP contribution is -1.84. The van der Waals surface area contributed by atoms with Crippen molar-refractivity contribution in [2.24, 2.45) is 0 Å². The van der Waals surface area contributed by atoms with E-state index < -0.39 is 5.97 Å². The molecule has 0 unspecified atom stereocenters. The molecule has 0 aromatic rings. The van der Waals surface area contributed by atoms with Crippen molar-refractivity contribution >= 4 is 13.8 Å². The van der Waals surface area contributed by atoms with Crippen LogP contribution >= 0.6 is 0 Å². The fourth-order valence-corrected chi connectivity index (χ4v) is 0.0823. The van der Waals surface area contributed by atoms with Crippen LogP contribution in [0.2, 0.25) is 0 Å². The van der Waals surface area contributed by atoms with Gasteiger partial charge in [-0.05, 0) is 0 Å². The SMILES string of the molecule is [B]C=CC(=O)O. The Morgan fingerprint density at radius 3 is 2.33 bits per heavy atom. The molecule has 0 aromatic carbocycles. The minimum Gasteiger partial charge on any atom is -0.478 e. The molecular weight excluding hydrogens is 78.8 g/mol. The summed E-state index contributed by atoms with van der Waals surface area (Å²) in [6.07, 6.45) is 0.861. The van der Waals surface area contributed by atoms with E-state index in [1.807, 2.05) is 0 Å². The molecule has 30 valence electrons. The van der Waals surface area contributed by atoms with E-state index in [0.29, 0.717) is 0 Å². The molecule has 3 heteroatoms. The van der Waals surface area contributed by atoms with Crippen molar-refractivity contribution in [1.29, 1.82) is 0 Å². The summed E-state index contributed by atoms with van der Waals surface area (Å²) in [6, 6.07) is 0. The van der Waals surface area contributed by atoms with Crippen LogP contribution in [-0.4, -0.2) is 18.9 Å². The van der Waals surface area contributed by atoms with Gasteiger partial charge in [0.15, 0.2) is 0 Å². The summed E-state index contributed by atoms with van der Waals surface area (Å²) in [5.41, 5.74) is 0. The minimum atomic E-state index is -1.02. The Morgan fingerprint density at radius 1 is 1.83 bits per heavy atom. The van der Waals surface area contributed by atoms with E-state index in [4.69, 9.17) is 5.11 Å². The highest BCUT2D eigenvalue weighted by Crippen LogP contribution is 1.61. The molecule has 6 heavy (non-hydrogen) atoms. The highest BCUT2D eigenvalue weighted by atomic mass is 16.4. The average Bonchev–Trinajstić information content (AvgIpc) is 1.35. The van der Waals surface area contributed by atoms with Crippen LogP contribution in [0.4, 0.5) is 0 Å². The Morgan fingerprint density at radius 2 is 2.33 bits per heavy atom. The second-order valence-electron chi connectivity index (χ2n) is 0.697. The summed E-state index contributed by atoms with van der Waals surface area (Å²) in [7, 11) is 4.67. The average molecular weight is 81.9 g/mol. The van der Waals surface area contributed by atoms with Crippen molar-refractivity contribution in [3.05, 3.63) is 12.1 Å². The van der Waals surface area contributed by atoms with Crippen LogP contribution in [0.3, 0.4) is 0 Å². The zero-order valence-electron chi connectivity index (χ0n) is 3.09. The van der Waals surface area contributed by atoms with Gasteiger partial charge in [-0.3, -0.25) is 0 Å². The number of aliphatic carboxylic acids is 1. The molecule has 0 spiro atoms. The molecule has 0 saturated heterocycles. The lowest BCUT2D eigenvalue weighted by molar-refractivity contribution is -0.131. The molecule has 0 aliphatic heterocycles. The van der Waals surface area contributed by atoms with Gasteiger partial charge in [-0.15, -0.1) is 5.98 Å². The van der Waals surface area contributed by atoms with E-state index in [2.05, 4.69) is 7.85 Å². The van der Waals surface area contributed by atoms with Crippen LogP contribution in [-0.2, 0) is 4.79 Å². The molecule has 0 fully saturated rings. The van der Waals surface area contributed by atoms with Crippen molar-refractivity contribution < 1.29 is 9.90 Å². The summed E-state index contributed by atoms with van der Waals surface area (Å²) < 4.78 is 0. The molecule has 0 saturated carbocycles. The first-order valence-corrected chi connectivity index (χ1v) is 1.38. The molecule has 0 atom stereocenters. The van der Waals surface area contributed by atoms with E-state index in [9.17, 15) is 4.79 Å². The van der Waals surface area contributed by atoms with E-state index in [-0.39, 0.29) is 0 Å². The molecule has 0 rings (SSSR count). The first kappa shape index (κ1) is 5.27. The number of hydrogen-bond acceptors (Lipinski definition) is 1. The van der Waals surface area contributed by atoms with Gasteiger partial charge in [0.25, 0.3) is 0 Å². The predicted octanol–water partition coefficient (Wildman–Crippen LogP) is -0.247. The topological polar surface area (TPSA) is 37.3 Å².